The van der Waals surface area contributed by atoms with Gasteiger partial charge in [-0.3, -0.25) is 0 Å². The van der Waals surface area contributed by atoms with E-state index in [0.29, 0.717) is 30.6 Å². The summed E-state index contributed by atoms with van der Waals surface area (Å²) in [6.45, 7) is 1.81. The Bertz CT molecular complexity index is 358. The highest BCUT2D eigenvalue weighted by atomic mass is 32.2. The highest BCUT2D eigenvalue weighted by Crippen LogP contribution is 2.20. The van der Waals surface area contributed by atoms with Gasteiger partial charge in [0.2, 0.25) is 0 Å². The van der Waals surface area contributed by atoms with Crippen molar-refractivity contribution in [3.8, 4) is 0 Å². The number of rotatable bonds is 4. The van der Waals surface area contributed by atoms with Crippen LogP contribution in [-0.2, 0) is 14.6 Å². The van der Waals surface area contributed by atoms with Crippen molar-refractivity contribution in [2.24, 2.45) is 0 Å². The Balaban J connectivity index is 2.62. The van der Waals surface area contributed by atoms with E-state index in [1.807, 2.05) is 0 Å². The average Bonchev–Trinajstić information content (AvgIpc) is 2.28. The van der Waals surface area contributed by atoms with E-state index < -0.39 is 15.2 Å². The summed E-state index contributed by atoms with van der Waals surface area (Å²) in [5.41, 5.74) is 0. The molecule has 1 atom stereocenters. The van der Waals surface area contributed by atoms with Gasteiger partial charge >= 0.3 is 0 Å². The Morgan fingerprint density at radius 1 is 1.65 bits per heavy atom. The Morgan fingerprint density at radius 2 is 2.35 bits per heavy atom. The first-order chi connectivity index (χ1) is 7.96. The van der Waals surface area contributed by atoms with Crippen LogP contribution in [0.5, 0.6) is 0 Å². The van der Waals surface area contributed by atoms with Gasteiger partial charge in [0.15, 0.2) is 14.9 Å². The first kappa shape index (κ1) is 15.0. The molecule has 100 valence electrons. The molecule has 17 heavy (non-hydrogen) atoms. The number of nitrogens with one attached hydrogen (secondary N) is 1. The van der Waals surface area contributed by atoms with Gasteiger partial charge in [0.25, 0.3) is 0 Å². The van der Waals surface area contributed by atoms with Gasteiger partial charge in [0.1, 0.15) is 5.37 Å². The van der Waals surface area contributed by atoms with Crippen molar-refractivity contribution in [2.75, 3.05) is 44.6 Å². The number of methoxy groups -OCH3 is 1. The van der Waals surface area contributed by atoms with Crippen LogP contribution in [-0.4, -0.2) is 68.4 Å². The van der Waals surface area contributed by atoms with Crippen LogP contribution in [0.2, 0.25) is 0 Å². The molecule has 1 unspecified atom stereocenters. The van der Waals surface area contributed by atoms with Gasteiger partial charge in [0, 0.05) is 38.0 Å². The fourth-order valence-electron chi connectivity index (χ4n) is 1.53. The Hall–Kier alpha value is -0.0500. The van der Waals surface area contributed by atoms with Gasteiger partial charge in [-0.15, -0.1) is 0 Å². The van der Waals surface area contributed by atoms with Crippen molar-refractivity contribution in [1.82, 2.24) is 10.2 Å². The predicted octanol–water partition coefficient (Wildman–Crippen LogP) is -0.0732. The highest BCUT2D eigenvalue weighted by Gasteiger charge is 2.32. The molecule has 1 saturated heterocycles. The monoisotopic (exact) mass is 298 g/mol. The van der Waals surface area contributed by atoms with Crippen LogP contribution < -0.4 is 5.32 Å². The molecule has 1 fully saturated rings. The molecule has 0 saturated carbocycles. The summed E-state index contributed by atoms with van der Waals surface area (Å²) in [4.78, 5) is 1.76. The summed E-state index contributed by atoms with van der Waals surface area (Å²) in [5.74, 6) is 1.48. The van der Waals surface area contributed by atoms with E-state index in [-0.39, 0.29) is 0 Å². The third-order valence-electron chi connectivity index (χ3n) is 2.42. The van der Waals surface area contributed by atoms with E-state index in [1.165, 1.54) is 6.26 Å². The van der Waals surface area contributed by atoms with Crippen LogP contribution in [0.3, 0.4) is 0 Å². The molecule has 0 radical (unpaired) electrons. The lowest BCUT2D eigenvalue weighted by Gasteiger charge is -2.35. The topological polar surface area (TPSA) is 58.6 Å². The van der Waals surface area contributed by atoms with Crippen LogP contribution in [0.4, 0.5) is 0 Å². The molecule has 0 spiro atoms. The van der Waals surface area contributed by atoms with Crippen molar-refractivity contribution in [3.05, 3.63) is 0 Å². The number of nitrogens with zero attached hydrogens (tertiary/aromatic N) is 1. The predicted molar refractivity (Wildman–Crippen MR) is 75.1 cm³/mol. The quantitative estimate of drug-likeness (QED) is 0.576. The van der Waals surface area contributed by atoms with E-state index in [1.54, 1.807) is 23.8 Å². The second-order valence-electron chi connectivity index (χ2n) is 3.78. The van der Waals surface area contributed by atoms with Crippen LogP contribution in [0.15, 0.2) is 0 Å². The zero-order chi connectivity index (χ0) is 12.9. The lowest BCUT2D eigenvalue weighted by molar-refractivity contribution is 0.203. The second kappa shape index (κ2) is 6.77. The molecule has 0 aromatic heterocycles. The summed E-state index contributed by atoms with van der Waals surface area (Å²) < 4.78 is 28.2. The van der Waals surface area contributed by atoms with Gasteiger partial charge in [-0.1, -0.05) is 0 Å². The van der Waals surface area contributed by atoms with E-state index in [9.17, 15) is 8.42 Å². The third kappa shape index (κ3) is 4.61. The fraction of sp³-hybridized carbons (Fsp3) is 0.889. The Labute approximate surface area is 112 Å². The Kier molecular flexibility index (Phi) is 5.98. The first-order valence-electron chi connectivity index (χ1n) is 5.27. The third-order valence-corrected chi connectivity index (χ3v) is 5.44. The maximum atomic E-state index is 11.7. The molecule has 1 N–H and O–H groups in total. The van der Waals surface area contributed by atoms with Crippen molar-refractivity contribution in [2.45, 2.75) is 5.37 Å². The maximum Gasteiger partial charge on any atom is 0.170 e. The molecule has 1 aliphatic heterocycles. The van der Waals surface area contributed by atoms with Crippen LogP contribution in [0.25, 0.3) is 0 Å². The SMILES string of the molecule is COCCNC(=S)N1CCSCC1S(C)(=O)=O. The van der Waals surface area contributed by atoms with Gasteiger partial charge < -0.3 is 15.0 Å². The summed E-state index contributed by atoms with van der Waals surface area (Å²) in [6, 6.07) is 0. The van der Waals surface area contributed by atoms with E-state index >= 15 is 0 Å². The standard InChI is InChI=1S/C9H18N2O3S3/c1-14-5-3-10-9(15)11-4-6-16-7-8(11)17(2,12)13/h8H,3-7H2,1-2H3,(H,10,15). The lowest BCUT2D eigenvalue weighted by Crippen LogP contribution is -2.53. The minimum Gasteiger partial charge on any atom is -0.383 e. The molecule has 5 nitrogen and oxygen atoms in total. The molecule has 0 bridgehead atoms. The van der Waals surface area contributed by atoms with Crippen LogP contribution in [0, 0.1) is 0 Å². The van der Waals surface area contributed by atoms with Crippen molar-refractivity contribution in [3.63, 3.8) is 0 Å². The van der Waals surface area contributed by atoms with Crippen LogP contribution in [0.1, 0.15) is 0 Å². The lowest BCUT2D eigenvalue weighted by atomic mass is 10.5. The zero-order valence-electron chi connectivity index (χ0n) is 10.0. The van der Waals surface area contributed by atoms with Gasteiger partial charge in [-0.25, -0.2) is 8.42 Å². The summed E-state index contributed by atoms with van der Waals surface area (Å²) >= 11 is 6.87. The summed E-state index contributed by atoms with van der Waals surface area (Å²) in [5, 5.41) is 3.00. The van der Waals surface area contributed by atoms with Crippen LogP contribution >= 0.6 is 24.0 Å². The maximum absolute atomic E-state index is 11.7. The Morgan fingerprint density at radius 3 is 2.94 bits per heavy atom. The van der Waals surface area contributed by atoms with Crippen molar-refractivity contribution < 1.29 is 13.2 Å². The summed E-state index contributed by atoms with van der Waals surface area (Å²) in [6.07, 6.45) is 1.26. The zero-order valence-corrected chi connectivity index (χ0v) is 12.5. The molecule has 8 heteroatoms. The smallest absolute Gasteiger partial charge is 0.170 e. The van der Waals surface area contributed by atoms with Crippen molar-refractivity contribution in [1.29, 1.82) is 0 Å². The molecule has 0 aromatic rings. The number of thioether (sulfide) groups is 1. The van der Waals surface area contributed by atoms with E-state index in [2.05, 4.69) is 5.32 Å². The molecular weight excluding hydrogens is 280 g/mol. The fourth-order valence-corrected chi connectivity index (χ4v) is 4.74. The molecule has 0 aliphatic carbocycles. The van der Waals surface area contributed by atoms with E-state index in [4.69, 9.17) is 17.0 Å². The molecule has 0 aromatic carbocycles. The average molecular weight is 298 g/mol. The van der Waals surface area contributed by atoms with Gasteiger partial charge in [-0.2, -0.15) is 11.8 Å². The number of sulfone groups is 1. The number of ether oxygens (including phenoxy) is 1. The number of hydrogen-bond donors (Lipinski definition) is 1. The molecule has 1 rings (SSSR count). The second-order valence-corrected chi connectivity index (χ2v) is 7.52. The molecular formula is C9H18N2O3S3. The minimum atomic E-state index is -3.10. The largest absolute Gasteiger partial charge is 0.383 e. The normalized spacial score (nSPS) is 21.3. The highest BCUT2D eigenvalue weighted by molar-refractivity contribution is 8.00. The minimum absolute atomic E-state index is 0.498. The van der Waals surface area contributed by atoms with Gasteiger partial charge in [-0.05, 0) is 12.2 Å². The number of hydrogen-bond acceptors (Lipinski definition) is 5. The van der Waals surface area contributed by atoms with Gasteiger partial charge in [0.05, 0.1) is 6.61 Å². The van der Waals surface area contributed by atoms with Crippen molar-refractivity contribution >= 4 is 38.9 Å². The molecule has 1 heterocycles. The summed E-state index contributed by atoms with van der Waals surface area (Å²) in [7, 11) is -1.49. The van der Waals surface area contributed by atoms with E-state index in [0.717, 1.165) is 5.75 Å². The molecule has 0 amide bonds. The number of thiocarbonyl (C=S) groups is 1. The molecule has 1 aliphatic rings. The first-order valence-corrected chi connectivity index (χ1v) is 8.78.